The minimum Gasteiger partial charge on any atom is -0.303 e. The van der Waals surface area contributed by atoms with Gasteiger partial charge in [-0.1, -0.05) is 135 Å². The van der Waals surface area contributed by atoms with Crippen LogP contribution in [0.5, 0.6) is 0 Å². The molecule has 0 aliphatic heterocycles. The van der Waals surface area contributed by atoms with Gasteiger partial charge in [-0.3, -0.25) is 0 Å². The Morgan fingerprint density at radius 2 is 0.828 bits per heavy atom. The lowest BCUT2D eigenvalue weighted by molar-refractivity contribution is -0.111. The Bertz CT molecular complexity index is 305. The normalized spacial score (nSPS) is 12.3. The van der Waals surface area contributed by atoms with E-state index in [0.29, 0.717) is 5.92 Å². The Morgan fingerprint density at radius 3 is 1.14 bits per heavy atom. The zero-order valence-corrected chi connectivity index (χ0v) is 20.7. The van der Waals surface area contributed by atoms with Gasteiger partial charge in [-0.15, -0.1) is 11.6 Å². The van der Waals surface area contributed by atoms with Crippen molar-refractivity contribution in [2.45, 2.75) is 155 Å². The van der Waals surface area contributed by atoms with Crippen LogP contribution in [0.2, 0.25) is 0 Å². The van der Waals surface area contributed by atoms with Crippen LogP contribution in [0.25, 0.3) is 0 Å². The van der Waals surface area contributed by atoms with E-state index in [0.717, 1.165) is 25.1 Å². The smallest absolute Gasteiger partial charge is 0.123 e. The van der Waals surface area contributed by atoms with E-state index in [2.05, 4.69) is 6.92 Å². The summed E-state index contributed by atoms with van der Waals surface area (Å²) in [6, 6.07) is 0. The fourth-order valence-electron chi connectivity index (χ4n) is 4.27. The van der Waals surface area contributed by atoms with Crippen LogP contribution in [0.4, 0.5) is 0 Å². The van der Waals surface area contributed by atoms with E-state index in [1.54, 1.807) is 0 Å². The standard InChI is InChI=1S/C27H53ClO/c1-2-3-4-5-6-7-8-9-10-11-12-13-14-15-16-17-20-23-27(26-29)24-21-18-19-22-25-28/h26-27H,2-25H2,1H3. The van der Waals surface area contributed by atoms with Gasteiger partial charge in [-0.25, -0.2) is 0 Å². The first-order valence-corrected chi connectivity index (χ1v) is 13.9. The maximum Gasteiger partial charge on any atom is 0.123 e. The average Bonchev–Trinajstić information content (AvgIpc) is 2.74. The largest absolute Gasteiger partial charge is 0.303 e. The first-order valence-electron chi connectivity index (χ1n) is 13.4. The maximum atomic E-state index is 11.2. The number of carbonyl (C=O) groups is 1. The number of rotatable bonds is 25. The summed E-state index contributed by atoms with van der Waals surface area (Å²) >= 11 is 5.70. The molecule has 0 aliphatic carbocycles. The second-order valence-electron chi connectivity index (χ2n) is 9.23. The van der Waals surface area contributed by atoms with Gasteiger partial charge in [0.25, 0.3) is 0 Å². The number of hydrogen-bond acceptors (Lipinski definition) is 1. The molecule has 0 rings (SSSR count). The van der Waals surface area contributed by atoms with Crippen LogP contribution in [-0.2, 0) is 4.79 Å². The van der Waals surface area contributed by atoms with Gasteiger partial charge in [-0.05, 0) is 19.3 Å². The third kappa shape index (κ3) is 24.1. The number of halogens is 1. The van der Waals surface area contributed by atoms with Crippen molar-refractivity contribution >= 4 is 17.9 Å². The first kappa shape index (κ1) is 29.0. The monoisotopic (exact) mass is 428 g/mol. The topological polar surface area (TPSA) is 17.1 Å². The molecule has 0 saturated carbocycles. The van der Waals surface area contributed by atoms with E-state index in [-0.39, 0.29) is 0 Å². The Balaban J connectivity index is 3.19. The van der Waals surface area contributed by atoms with Gasteiger partial charge >= 0.3 is 0 Å². The van der Waals surface area contributed by atoms with Gasteiger partial charge in [-0.2, -0.15) is 0 Å². The summed E-state index contributed by atoms with van der Waals surface area (Å²) in [4.78, 5) is 11.2. The van der Waals surface area contributed by atoms with Crippen molar-refractivity contribution in [3.05, 3.63) is 0 Å². The predicted molar refractivity (Wildman–Crippen MR) is 132 cm³/mol. The van der Waals surface area contributed by atoms with E-state index < -0.39 is 0 Å². The van der Waals surface area contributed by atoms with Crippen LogP contribution in [0.1, 0.15) is 155 Å². The predicted octanol–water partition coefficient (Wildman–Crippen LogP) is 10.0. The molecule has 0 bridgehead atoms. The van der Waals surface area contributed by atoms with E-state index in [4.69, 9.17) is 11.6 Å². The van der Waals surface area contributed by atoms with Crippen LogP contribution >= 0.6 is 11.6 Å². The maximum absolute atomic E-state index is 11.2. The van der Waals surface area contributed by atoms with Crippen molar-refractivity contribution in [3.8, 4) is 0 Å². The minimum atomic E-state index is 0.308. The number of carbonyl (C=O) groups excluding carboxylic acids is 1. The zero-order valence-electron chi connectivity index (χ0n) is 19.9. The molecule has 0 spiro atoms. The second-order valence-corrected chi connectivity index (χ2v) is 9.61. The molecule has 0 heterocycles. The molecule has 0 aliphatic rings. The summed E-state index contributed by atoms with van der Waals surface area (Å²) in [6.45, 7) is 2.29. The van der Waals surface area contributed by atoms with Gasteiger partial charge < -0.3 is 4.79 Å². The van der Waals surface area contributed by atoms with Gasteiger partial charge in [0.15, 0.2) is 0 Å². The molecule has 0 fully saturated rings. The second kappa shape index (κ2) is 26.0. The van der Waals surface area contributed by atoms with Gasteiger partial charge in [0.05, 0.1) is 0 Å². The summed E-state index contributed by atoms with van der Waals surface area (Å²) in [5, 5.41) is 0. The average molecular weight is 429 g/mol. The number of alkyl halides is 1. The van der Waals surface area contributed by atoms with Crippen molar-refractivity contribution in [2.24, 2.45) is 5.92 Å². The van der Waals surface area contributed by atoms with Crippen LogP contribution in [0.3, 0.4) is 0 Å². The zero-order chi connectivity index (χ0) is 21.3. The van der Waals surface area contributed by atoms with E-state index in [9.17, 15) is 4.79 Å². The summed E-state index contributed by atoms with van der Waals surface area (Å²) in [5.41, 5.74) is 0. The van der Waals surface area contributed by atoms with Crippen LogP contribution < -0.4 is 0 Å². The minimum absolute atomic E-state index is 0.308. The number of hydrogen-bond donors (Lipinski definition) is 0. The van der Waals surface area contributed by atoms with Crippen LogP contribution in [0, 0.1) is 5.92 Å². The molecule has 0 aromatic carbocycles. The fraction of sp³-hybridized carbons (Fsp3) is 0.963. The third-order valence-corrected chi connectivity index (χ3v) is 6.60. The molecular weight excluding hydrogens is 376 g/mol. The Kier molecular flexibility index (Phi) is 26.0. The fourth-order valence-corrected chi connectivity index (χ4v) is 4.46. The quantitative estimate of drug-likeness (QED) is 0.0802. The van der Waals surface area contributed by atoms with Crippen molar-refractivity contribution in [2.75, 3.05) is 5.88 Å². The highest BCUT2D eigenvalue weighted by molar-refractivity contribution is 6.17. The highest BCUT2D eigenvalue weighted by atomic mass is 35.5. The van der Waals surface area contributed by atoms with Crippen LogP contribution in [0.15, 0.2) is 0 Å². The molecule has 0 N–H and O–H groups in total. The first-order chi connectivity index (χ1) is 14.3. The molecule has 1 unspecified atom stereocenters. The molecule has 174 valence electrons. The summed E-state index contributed by atoms with van der Waals surface area (Å²) in [6.07, 6.45) is 32.2. The molecule has 0 amide bonds. The molecule has 0 saturated heterocycles. The Labute approximate surface area is 189 Å². The van der Waals surface area contributed by atoms with Crippen molar-refractivity contribution < 1.29 is 4.79 Å². The summed E-state index contributed by atoms with van der Waals surface area (Å²) in [7, 11) is 0. The highest BCUT2D eigenvalue weighted by Gasteiger charge is 2.06. The molecule has 0 aromatic rings. The summed E-state index contributed by atoms with van der Waals surface area (Å²) in [5.74, 6) is 1.08. The lowest BCUT2D eigenvalue weighted by atomic mass is 9.95. The summed E-state index contributed by atoms with van der Waals surface area (Å²) < 4.78 is 0. The Morgan fingerprint density at radius 1 is 0.517 bits per heavy atom. The molecule has 2 heteroatoms. The van der Waals surface area contributed by atoms with Gasteiger partial charge in [0.1, 0.15) is 6.29 Å². The number of aldehydes is 1. The van der Waals surface area contributed by atoms with E-state index in [1.165, 1.54) is 135 Å². The molecule has 1 nitrogen and oxygen atoms in total. The SMILES string of the molecule is CCCCCCCCCCCCCCCCCCCC(C=O)CCCCCCCl. The van der Waals surface area contributed by atoms with Gasteiger partial charge in [0, 0.05) is 11.8 Å². The van der Waals surface area contributed by atoms with Crippen LogP contribution in [-0.4, -0.2) is 12.2 Å². The molecule has 0 radical (unpaired) electrons. The van der Waals surface area contributed by atoms with Crippen molar-refractivity contribution in [1.82, 2.24) is 0 Å². The van der Waals surface area contributed by atoms with Crippen molar-refractivity contribution in [3.63, 3.8) is 0 Å². The Hall–Kier alpha value is -0.0400. The molecule has 0 aromatic heterocycles. The van der Waals surface area contributed by atoms with Crippen molar-refractivity contribution in [1.29, 1.82) is 0 Å². The lowest BCUT2D eigenvalue weighted by Gasteiger charge is -2.10. The van der Waals surface area contributed by atoms with Gasteiger partial charge in [0.2, 0.25) is 0 Å². The third-order valence-electron chi connectivity index (χ3n) is 6.33. The highest BCUT2D eigenvalue weighted by Crippen LogP contribution is 2.18. The van der Waals surface area contributed by atoms with E-state index >= 15 is 0 Å². The molecule has 1 atom stereocenters. The molecular formula is C27H53ClO. The lowest BCUT2D eigenvalue weighted by Crippen LogP contribution is -2.02. The number of unbranched alkanes of at least 4 members (excludes halogenated alkanes) is 19. The molecule has 29 heavy (non-hydrogen) atoms. The van der Waals surface area contributed by atoms with E-state index in [1.807, 2.05) is 0 Å².